The first kappa shape index (κ1) is 11.2. The molecular weight excluding hydrogens is 226 g/mol. The number of hydrogen-bond donors (Lipinski definition) is 1. The molecule has 0 aliphatic rings. The van der Waals surface area contributed by atoms with E-state index >= 15 is 0 Å². The van der Waals surface area contributed by atoms with Crippen molar-refractivity contribution in [2.45, 2.75) is 12.3 Å². The van der Waals surface area contributed by atoms with E-state index in [9.17, 15) is 8.42 Å². The number of furan rings is 1. The van der Waals surface area contributed by atoms with Crippen LogP contribution in [0.3, 0.4) is 0 Å². The van der Waals surface area contributed by atoms with Gasteiger partial charge in [-0.05, 0) is 11.6 Å². The summed E-state index contributed by atoms with van der Waals surface area (Å²) in [7, 11) is -3.06. The van der Waals surface area contributed by atoms with Crippen LogP contribution in [0.25, 0.3) is 11.0 Å². The first-order valence-corrected chi connectivity index (χ1v) is 6.93. The third-order valence-corrected chi connectivity index (χ3v) is 3.23. The molecule has 0 saturated heterocycles. The van der Waals surface area contributed by atoms with Gasteiger partial charge in [-0.3, -0.25) is 0 Å². The zero-order chi connectivity index (χ0) is 11.8. The molecule has 1 aromatic carbocycles. The SMILES string of the molecule is CS(=O)(=O)Cc1coc2cccc(CN)c12. The molecule has 4 nitrogen and oxygen atoms in total. The van der Waals surface area contributed by atoms with Crippen LogP contribution in [-0.2, 0) is 22.1 Å². The average molecular weight is 239 g/mol. The van der Waals surface area contributed by atoms with E-state index in [4.69, 9.17) is 10.2 Å². The number of fused-ring (bicyclic) bond motifs is 1. The molecule has 0 aliphatic carbocycles. The zero-order valence-corrected chi connectivity index (χ0v) is 9.75. The summed E-state index contributed by atoms with van der Waals surface area (Å²) >= 11 is 0. The maximum Gasteiger partial charge on any atom is 0.151 e. The summed E-state index contributed by atoms with van der Waals surface area (Å²) in [5.41, 5.74) is 7.89. The fourth-order valence-electron chi connectivity index (χ4n) is 1.79. The van der Waals surface area contributed by atoms with Crippen LogP contribution in [0.2, 0.25) is 0 Å². The maximum atomic E-state index is 11.3. The highest BCUT2D eigenvalue weighted by atomic mass is 32.2. The highest BCUT2D eigenvalue weighted by molar-refractivity contribution is 7.89. The fraction of sp³-hybridized carbons (Fsp3) is 0.273. The minimum Gasteiger partial charge on any atom is -0.464 e. The van der Waals surface area contributed by atoms with Gasteiger partial charge in [0.2, 0.25) is 0 Å². The molecule has 0 bridgehead atoms. The van der Waals surface area contributed by atoms with Gasteiger partial charge in [0.15, 0.2) is 9.84 Å². The average Bonchev–Trinajstić information content (AvgIpc) is 2.59. The van der Waals surface area contributed by atoms with Crippen molar-refractivity contribution in [2.75, 3.05) is 6.26 Å². The molecule has 2 rings (SSSR count). The number of nitrogens with two attached hydrogens (primary N) is 1. The van der Waals surface area contributed by atoms with E-state index in [1.54, 1.807) is 6.07 Å². The summed E-state index contributed by atoms with van der Waals surface area (Å²) < 4.78 is 27.9. The van der Waals surface area contributed by atoms with Crippen molar-refractivity contribution in [2.24, 2.45) is 5.73 Å². The zero-order valence-electron chi connectivity index (χ0n) is 8.93. The maximum absolute atomic E-state index is 11.3. The molecule has 0 saturated carbocycles. The van der Waals surface area contributed by atoms with E-state index in [2.05, 4.69) is 0 Å². The topological polar surface area (TPSA) is 73.3 Å². The highest BCUT2D eigenvalue weighted by Crippen LogP contribution is 2.26. The molecule has 0 unspecified atom stereocenters. The lowest BCUT2D eigenvalue weighted by molar-refractivity contribution is 0.596. The van der Waals surface area contributed by atoms with Crippen molar-refractivity contribution in [1.82, 2.24) is 0 Å². The Bertz CT molecular complexity index is 613. The van der Waals surface area contributed by atoms with E-state index in [-0.39, 0.29) is 5.75 Å². The fourth-order valence-corrected chi connectivity index (χ4v) is 2.57. The molecule has 1 heterocycles. The van der Waals surface area contributed by atoms with Gasteiger partial charge in [0, 0.05) is 23.8 Å². The number of rotatable bonds is 3. The lowest BCUT2D eigenvalue weighted by atomic mass is 10.1. The van der Waals surface area contributed by atoms with Gasteiger partial charge in [0.05, 0.1) is 12.0 Å². The van der Waals surface area contributed by atoms with Crippen LogP contribution in [0.1, 0.15) is 11.1 Å². The summed E-state index contributed by atoms with van der Waals surface area (Å²) in [4.78, 5) is 0. The van der Waals surface area contributed by atoms with E-state index in [1.165, 1.54) is 12.5 Å². The van der Waals surface area contributed by atoms with Crippen LogP contribution < -0.4 is 5.73 Å². The molecule has 0 aliphatic heterocycles. The Labute approximate surface area is 94.0 Å². The van der Waals surface area contributed by atoms with E-state index in [0.29, 0.717) is 17.7 Å². The van der Waals surface area contributed by atoms with E-state index < -0.39 is 9.84 Å². The highest BCUT2D eigenvalue weighted by Gasteiger charge is 2.13. The first-order chi connectivity index (χ1) is 7.51. The van der Waals surface area contributed by atoms with Gasteiger partial charge in [0.1, 0.15) is 5.58 Å². The molecular formula is C11H13NO3S. The third-order valence-electron chi connectivity index (χ3n) is 2.40. The molecule has 2 N–H and O–H groups in total. The van der Waals surface area contributed by atoms with Gasteiger partial charge >= 0.3 is 0 Å². The first-order valence-electron chi connectivity index (χ1n) is 4.87. The van der Waals surface area contributed by atoms with Crippen molar-refractivity contribution in [3.63, 3.8) is 0 Å². The van der Waals surface area contributed by atoms with Gasteiger partial charge in [-0.1, -0.05) is 12.1 Å². The lowest BCUT2D eigenvalue weighted by Gasteiger charge is -2.01. The van der Waals surface area contributed by atoms with Crippen LogP contribution in [0.15, 0.2) is 28.9 Å². The summed E-state index contributed by atoms with van der Waals surface area (Å²) in [6.07, 6.45) is 2.70. The van der Waals surface area contributed by atoms with Gasteiger partial charge in [-0.2, -0.15) is 0 Å². The molecule has 86 valence electrons. The van der Waals surface area contributed by atoms with Gasteiger partial charge in [-0.15, -0.1) is 0 Å². The molecule has 0 spiro atoms. The largest absolute Gasteiger partial charge is 0.464 e. The van der Waals surface area contributed by atoms with Gasteiger partial charge in [-0.25, -0.2) is 8.42 Å². The van der Waals surface area contributed by atoms with Crippen molar-refractivity contribution in [3.8, 4) is 0 Å². The molecule has 0 amide bonds. The summed E-state index contributed by atoms with van der Waals surface area (Å²) in [6, 6.07) is 5.53. The second-order valence-corrected chi connectivity index (χ2v) is 5.97. The Morgan fingerprint density at radius 2 is 2.06 bits per heavy atom. The van der Waals surface area contributed by atoms with Crippen LogP contribution >= 0.6 is 0 Å². The Morgan fingerprint density at radius 1 is 1.31 bits per heavy atom. The summed E-state index contributed by atoms with van der Waals surface area (Å²) in [5.74, 6) is -0.0169. The second-order valence-electron chi connectivity index (χ2n) is 3.83. The Balaban J connectivity index is 2.63. The third kappa shape index (κ3) is 2.10. The van der Waals surface area contributed by atoms with Crippen LogP contribution in [0.4, 0.5) is 0 Å². The summed E-state index contributed by atoms with van der Waals surface area (Å²) in [5, 5.41) is 0.829. The molecule has 0 atom stereocenters. The van der Waals surface area contributed by atoms with Crippen molar-refractivity contribution < 1.29 is 12.8 Å². The Hall–Kier alpha value is -1.33. The van der Waals surface area contributed by atoms with Gasteiger partial charge in [0.25, 0.3) is 0 Å². The van der Waals surface area contributed by atoms with Crippen LogP contribution in [0, 0.1) is 0 Å². The second kappa shape index (κ2) is 3.92. The Morgan fingerprint density at radius 3 is 2.69 bits per heavy atom. The molecule has 1 aromatic heterocycles. The monoisotopic (exact) mass is 239 g/mol. The van der Waals surface area contributed by atoms with Gasteiger partial charge < -0.3 is 10.2 Å². The molecule has 5 heteroatoms. The van der Waals surface area contributed by atoms with E-state index in [0.717, 1.165) is 10.9 Å². The van der Waals surface area contributed by atoms with E-state index in [1.807, 2.05) is 12.1 Å². The number of sulfone groups is 1. The predicted molar refractivity (Wildman–Crippen MR) is 62.7 cm³/mol. The molecule has 2 aromatic rings. The lowest BCUT2D eigenvalue weighted by Crippen LogP contribution is -2.02. The van der Waals surface area contributed by atoms with Crippen molar-refractivity contribution in [3.05, 3.63) is 35.6 Å². The standard InChI is InChI=1S/C11H13NO3S/c1-16(13,14)7-9-6-15-10-4-2-3-8(5-12)11(9)10/h2-4,6H,5,7,12H2,1H3. The van der Waals surface area contributed by atoms with Crippen molar-refractivity contribution in [1.29, 1.82) is 0 Å². The number of hydrogen-bond acceptors (Lipinski definition) is 4. The van der Waals surface area contributed by atoms with Crippen molar-refractivity contribution >= 4 is 20.8 Å². The smallest absolute Gasteiger partial charge is 0.151 e. The Kier molecular flexibility index (Phi) is 2.73. The summed E-state index contributed by atoms with van der Waals surface area (Å²) in [6.45, 7) is 0.369. The predicted octanol–water partition coefficient (Wildman–Crippen LogP) is 1.44. The minimum atomic E-state index is -3.06. The number of benzene rings is 1. The minimum absolute atomic E-state index is 0.0169. The molecule has 0 fully saturated rings. The quantitative estimate of drug-likeness (QED) is 0.879. The van der Waals surface area contributed by atoms with Crippen LogP contribution in [-0.4, -0.2) is 14.7 Å². The molecule has 0 radical (unpaired) electrons. The molecule has 16 heavy (non-hydrogen) atoms. The van der Waals surface area contributed by atoms with Crippen LogP contribution in [0.5, 0.6) is 0 Å². The normalized spacial score (nSPS) is 12.1.